The maximum absolute atomic E-state index is 12.0. The lowest BCUT2D eigenvalue weighted by Gasteiger charge is -2.06. The van der Waals surface area contributed by atoms with Crippen LogP contribution in [-0.2, 0) is 6.42 Å². The van der Waals surface area contributed by atoms with Crippen molar-refractivity contribution in [3.63, 3.8) is 0 Å². The summed E-state index contributed by atoms with van der Waals surface area (Å²) in [5, 5.41) is 13.6. The summed E-state index contributed by atoms with van der Waals surface area (Å²) in [6.45, 7) is 6.45. The molecule has 0 atom stereocenters. The number of benzene rings is 2. The summed E-state index contributed by atoms with van der Waals surface area (Å²) in [5.41, 5.74) is 2.21. The number of para-hydroxylation sites is 1. The number of rotatable bonds is 5. The Balaban J connectivity index is 0.00000127. The summed E-state index contributed by atoms with van der Waals surface area (Å²) < 4.78 is 0. The molecule has 0 radical (unpaired) electrons. The van der Waals surface area contributed by atoms with E-state index in [-0.39, 0.29) is 11.3 Å². The zero-order valence-corrected chi connectivity index (χ0v) is 13.7. The number of nitro benzene ring substituents is 1. The van der Waals surface area contributed by atoms with E-state index in [9.17, 15) is 14.9 Å². The maximum Gasteiger partial charge on any atom is 0.282 e. The van der Waals surface area contributed by atoms with Crippen LogP contribution in [0.3, 0.4) is 0 Å². The minimum absolute atomic E-state index is 0.0893. The number of amides is 1. The fraction of sp³-hybridized carbons (Fsp3) is 0.278. The van der Waals surface area contributed by atoms with Crippen molar-refractivity contribution in [3.8, 4) is 0 Å². The number of carbonyl (C=O) groups excluding carboxylic acids is 1. The first-order valence-electron chi connectivity index (χ1n) is 7.65. The number of hydrogen-bond donors (Lipinski definition) is 1. The van der Waals surface area contributed by atoms with Crippen molar-refractivity contribution in [3.05, 3.63) is 75.3 Å². The van der Waals surface area contributed by atoms with E-state index in [4.69, 9.17) is 0 Å². The van der Waals surface area contributed by atoms with Gasteiger partial charge in [-0.1, -0.05) is 55.8 Å². The molecule has 0 saturated heterocycles. The largest absolute Gasteiger partial charge is 0.351 e. The minimum atomic E-state index is -0.547. The molecule has 1 N–H and O–H groups in total. The van der Waals surface area contributed by atoms with E-state index in [1.54, 1.807) is 12.1 Å². The molecule has 0 spiro atoms. The Bertz CT molecular complexity index is 652. The van der Waals surface area contributed by atoms with Crippen molar-refractivity contribution in [1.29, 1.82) is 0 Å². The molecule has 0 aliphatic carbocycles. The summed E-state index contributed by atoms with van der Waals surface area (Å²) in [4.78, 5) is 22.3. The molecule has 0 fully saturated rings. The smallest absolute Gasteiger partial charge is 0.282 e. The quantitative estimate of drug-likeness (QED) is 0.672. The van der Waals surface area contributed by atoms with Crippen LogP contribution >= 0.6 is 0 Å². The molecule has 1 amide bonds. The van der Waals surface area contributed by atoms with Crippen LogP contribution in [0.15, 0.2) is 48.5 Å². The van der Waals surface area contributed by atoms with Crippen LogP contribution in [0.25, 0.3) is 0 Å². The number of nitrogens with zero attached hydrogens (tertiary/aromatic N) is 1. The predicted molar refractivity (Wildman–Crippen MR) is 91.7 cm³/mol. The first-order chi connectivity index (χ1) is 11.1. The molecule has 23 heavy (non-hydrogen) atoms. The minimum Gasteiger partial charge on any atom is -0.351 e. The van der Waals surface area contributed by atoms with E-state index >= 15 is 0 Å². The predicted octanol–water partition coefficient (Wildman–Crippen LogP) is 3.90. The van der Waals surface area contributed by atoms with E-state index in [0.717, 1.165) is 5.56 Å². The molecule has 0 bridgehead atoms. The van der Waals surface area contributed by atoms with Gasteiger partial charge >= 0.3 is 0 Å². The van der Waals surface area contributed by atoms with Crippen LogP contribution in [-0.4, -0.2) is 17.4 Å². The van der Waals surface area contributed by atoms with Gasteiger partial charge in [-0.3, -0.25) is 14.9 Å². The highest BCUT2D eigenvalue weighted by Crippen LogP contribution is 2.17. The summed E-state index contributed by atoms with van der Waals surface area (Å²) in [7, 11) is 0. The highest BCUT2D eigenvalue weighted by Gasteiger charge is 2.18. The van der Waals surface area contributed by atoms with Gasteiger partial charge in [0.15, 0.2) is 0 Å². The fourth-order valence-electron chi connectivity index (χ4n) is 2.00. The van der Waals surface area contributed by atoms with Crippen molar-refractivity contribution in [2.24, 2.45) is 0 Å². The van der Waals surface area contributed by atoms with E-state index in [1.165, 1.54) is 17.7 Å². The highest BCUT2D eigenvalue weighted by molar-refractivity contribution is 5.98. The molecule has 2 aromatic rings. The summed E-state index contributed by atoms with van der Waals surface area (Å²) in [6.07, 6.45) is 0.687. The lowest BCUT2D eigenvalue weighted by atomic mass is 10.1. The Labute approximate surface area is 136 Å². The first-order valence-corrected chi connectivity index (χ1v) is 7.65. The Kier molecular flexibility index (Phi) is 7.47. The topological polar surface area (TPSA) is 72.2 Å². The molecule has 0 aliphatic rings. The normalized spacial score (nSPS) is 9.52. The third-order valence-corrected chi connectivity index (χ3v) is 3.17. The van der Waals surface area contributed by atoms with Gasteiger partial charge in [0.25, 0.3) is 11.6 Å². The number of hydrogen-bond acceptors (Lipinski definition) is 3. The van der Waals surface area contributed by atoms with Crippen molar-refractivity contribution in [2.75, 3.05) is 6.54 Å². The van der Waals surface area contributed by atoms with Gasteiger partial charge in [0, 0.05) is 12.6 Å². The average Bonchev–Trinajstić information content (AvgIpc) is 2.58. The van der Waals surface area contributed by atoms with E-state index in [2.05, 4.69) is 5.32 Å². The van der Waals surface area contributed by atoms with Crippen molar-refractivity contribution >= 4 is 11.6 Å². The van der Waals surface area contributed by atoms with Crippen molar-refractivity contribution < 1.29 is 9.72 Å². The van der Waals surface area contributed by atoms with Crippen molar-refractivity contribution in [2.45, 2.75) is 27.2 Å². The van der Waals surface area contributed by atoms with Gasteiger partial charge in [-0.2, -0.15) is 0 Å². The maximum atomic E-state index is 12.0. The molecule has 5 nitrogen and oxygen atoms in total. The van der Waals surface area contributed by atoms with Crippen molar-refractivity contribution in [1.82, 2.24) is 5.32 Å². The average molecular weight is 314 g/mol. The zero-order valence-electron chi connectivity index (χ0n) is 13.7. The van der Waals surface area contributed by atoms with E-state index < -0.39 is 10.8 Å². The van der Waals surface area contributed by atoms with Gasteiger partial charge in [0.1, 0.15) is 5.56 Å². The summed E-state index contributed by atoms with van der Waals surface area (Å²) >= 11 is 0. The molecule has 0 saturated carbocycles. The van der Waals surface area contributed by atoms with Crippen LogP contribution < -0.4 is 5.32 Å². The van der Waals surface area contributed by atoms with Crippen LogP contribution in [0.2, 0.25) is 0 Å². The number of nitro groups is 1. The summed E-state index contributed by atoms with van der Waals surface area (Å²) in [6, 6.07) is 14.0. The third kappa shape index (κ3) is 5.54. The SMILES string of the molecule is CC.Cc1ccc(CCNC(=O)c2ccccc2[N+](=O)[O-])cc1. The van der Waals surface area contributed by atoms with Gasteiger partial charge in [-0.05, 0) is 25.0 Å². The van der Waals surface area contributed by atoms with Crippen LogP contribution in [0.1, 0.15) is 35.3 Å². The lowest BCUT2D eigenvalue weighted by Crippen LogP contribution is -2.26. The second-order valence-corrected chi connectivity index (χ2v) is 4.77. The van der Waals surface area contributed by atoms with Gasteiger partial charge in [0.05, 0.1) is 4.92 Å². The molecular formula is C18H22N2O3. The molecule has 2 aromatic carbocycles. The third-order valence-electron chi connectivity index (χ3n) is 3.17. The lowest BCUT2D eigenvalue weighted by molar-refractivity contribution is -0.385. The van der Waals surface area contributed by atoms with Crippen LogP contribution in [0.5, 0.6) is 0 Å². The number of carbonyl (C=O) groups is 1. The zero-order chi connectivity index (χ0) is 17.2. The van der Waals surface area contributed by atoms with E-state index in [0.29, 0.717) is 13.0 Å². The Morgan fingerprint density at radius 1 is 1.09 bits per heavy atom. The molecule has 122 valence electrons. The second kappa shape index (κ2) is 9.35. The molecule has 0 aliphatic heterocycles. The summed E-state index contributed by atoms with van der Waals surface area (Å²) in [5.74, 6) is -0.422. The first kappa shape index (κ1) is 18.4. The van der Waals surface area contributed by atoms with Gasteiger partial charge in [0.2, 0.25) is 0 Å². The molecule has 0 aromatic heterocycles. The fourth-order valence-corrected chi connectivity index (χ4v) is 2.00. The van der Waals surface area contributed by atoms with Gasteiger partial charge in [-0.15, -0.1) is 0 Å². The Morgan fingerprint density at radius 2 is 1.70 bits per heavy atom. The van der Waals surface area contributed by atoms with Gasteiger partial charge in [-0.25, -0.2) is 0 Å². The molecular weight excluding hydrogens is 292 g/mol. The molecule has 5 heteroatoms. The molecule has 0 heterocycles. The monoisotopic (exact) mass is 314 g/mol. The Hall–Kier alpha value is -2.69. The second-order valence-electron chi connectivity index (χ2n) is 4.77. The van der Waals surface area contributed by atoms with Crippen LogP contribution in [0.4, 0.5) is 5.69 Å². The molecule has 0 unspecified atom stereocenters. The standard InChI is InChI=1S/C16H16N2O3.C2H6/c1-12-6-8-13(9-7-12)10-11-17-16(19)14-4-2-3-5-15(14)18(20)21;1-2/h2-9H,10-11H2,1H3,(H,17,19);1-2H3. The Morgan fingerprint density at radius 3 is 2.30 bits per heavy atom. The van der Waals surface area contributed by atoms with Gasteiger partial charge < -0.3 is 5.32 Å². The number of aryl methyl sites for hydroxylation is 1. The molecule has 2 rings (SSSR count). The highest BCUT2D eigenvalue weighted by atomic mass is 16.6. The van der Waals surface area contributed by atoms with Crippen LogP contribution in [0, 0.1) is 17.0 Å². The van der Waals surface area contributed by atoms with E-state index in [1.807, 2.05) is 45.0 Å². The number of nitrogens with one attached hydrogen (secondary N) is 1.